The lowest BCUT2D eigenvalue weighted by molar-refractivity contribution is -0.161. The number of aliphatic hydroxyl groups is 1. The monoisotopic (exact) mass is 1000 g/mol. The minimum Gasteiger partial charge on any atom is -0.462 e. The molecule has 0 aromatic carbocycles. The van der Waals surface area contributed by atoms with Gasteiger partial charge < -0.3 is 14.6 Å². The molecular weight excluding hydrogens is 873 g/mol. The van der Waals surface area contributed by atoms with Crippen molar-refractivity contribution in [2.45, 2.75) is 399 Å². The van der Waals surface area contributed by atoms with Crippen molar-refractivity contribution < 1.29 is 24.2 Å². The number of hydrogen-bond donors (Lipinski definition) is 1. The van der Waals surface area contributed by atoms with Crippen LogP contribution in [0.3, 0.4) is 0 Å². The van der Waals surface area contributed by atoms with Gasteiger partial charge >= 0.3 is 11.9 Å². The van der Waals surface area contributed by atoms with Gasteiger partial charge in [-0.25, -0.2) is 0 Å². The molecule has 1 N–H and O–H groups in total. The molecule has 1 unspecified atom stereocenters. The minimum absolute atomic E-state index is 0.0555. The number of rotatable bonds is 63. The molecule has 0 aromatic heterocycles. The third-order valence-electron chi connectivity index (χ3n) is 15.7. The number of hydrogen-bond acceptors (Lipinski definition) is 5. The second-order valence-corrected chi connectivity index (χ2v) is 22.9. The van der Waals surface area contributed by atoms with E-state index in [1.807, 2.05) is 0 Å². The molecule has 0 saturated heterocycles. The van der Waals surface area contributed by atoms with Gasteiger partial charge in [0.15, 0.2) is 6.10 Å². The molecular formula is C66H130O5. The fraction of sp³-hybridized carbons (Fsp3) is 0.970. The van der Waals surface area contributed by atoms with Gasteiger partial charge in [0.2, 0.25) is 0 Å². The van der Waals surface area contributed by atoms with E-state index in [0.717, 1.165) is 32.1 Å². The number of carbonyl (C=O) groups excluding carboxylic acids is 2. The van der Waals surface area contributed by atoms with E-state index in [1.165, 1.54) is 334 Å². The Bertz CT molecular complexity index is 999. The van der Waals surface area contributed by atoms with Gasteiger partial charge in [-0.1, -0.05) is 367 Å². The summed E-state index contributed by atoms with van der Waals surface area (Å²) >= 11 is 0. The highest BCUT2D eigenvalue weighted by molar-refractivity contribution is 5.70. The van der Waals surface area contributed by atoms with Gasteiger partial charge in [-0.05, 0) is 12.8 Å². The van der Waals surface area contributed by atoms with Crippen molar-refractivity contribution in [2.75, 3.05) is 13.2 Å². The van der Waals surface area contributed by atoms with Crippen LogP contribution in [0.1, 0.15) is 393 Å². The lowest BCUT2D eigenvalue weighted by Crippen LogP contribution is -2.28. The minimum atomic E-state index is -0.765. The molecule has 0 bridgehead atoms. The topological polar surface area (TPSA) is 72.8 Å². The summed E-state index contributed by atoms with van der Waals surface area (Å²) in [6, 6.07) is 0. The van der Waals surface area contributed by atoms with Crippen LogP contribution in [0.4, 0.5) is 0 Å². The smallest absolute Gasteiger partial charge is 0.306 e. The molecule has 71 heavy (non-hydrogen) atoms. The summed E-state index contributed by atoms with van der Waals surface area (Å²) in [6.07, 6.45) is 78.5. The first-order valence-corrected chi connectivity index (χ1v) is 33.1. The van der Waals surface area contributed by atoms with Crippen molar-refractivity contribution in [3.05, 3.63) is 0 Å². The van der Waals surface area contributed by atoms with Gasteiger partial charge in [-0.15, -0.1) is 0 Å². The zero-order valence-electron chi connectivity index (χ0n) is 48.8. The summed E-state index contributed by atoms with van der Waals surface area (Å²) < 4.78 is 10.7. The van der Waals surface area contributed by atoms with Crippen LogP contribution in [0.15, 0.2) is 0 Å². The molecule has 0 spiro atoms. The average molecular weight is 1000 g/mol. The standard InChI is InChI=1S/C66H130O5/c1-3-5-7-9-11-13-15-17-19-21-23-25-27-28-29-30-31-32-33-34-35-36-37-38-39-41-43-45-47-49-51-53-55-57-59-61-66(69)71-64(62-67)63-70-65(68)60-58-56-54-52-50-48-46-44-42-40-26-24-22-20-18-16-14-12-10-8-6-4-2/h64,67H,3-63H2,1-2H3. The van der Waals surface area contributed by atoms with Crippen LogP contribution in [0.2, 0.25) is 0 Å². The highest BCUT2D eigenvalue weighted by atomic mass is 16.6. The molecule has 0 fully saturated rings. The van der Waals surface area contributed by atoms with Gasteiger partial charge in [0, 0.05) is 12.8 Å². The molecule has 0 heterocycles. The molecule has 0 radical (unpaired) electrons. The molecule has 0 rings (SSSR count). The second-order valence-electron chi connectivity index (χ2n) is 22.9. The largest absolute Gasteiger partial charge is 0.462 e. The number of esters is 2. The van der Waals surface area contributed by atoms with Crippen LogP contribution >= 0.6 is 0 Å². The van der Waals surface area contributed by atoms with E-state index < -0.39 is 6.10 Å². The van der Waals surface area contributed by atoms with Crippen molar-refractivity contribution in [1.29, 1.82) is 0 Å². The third-order valence-corrected chi connectivity index (χ3v) is 15.7. The maximum absolute atomic E-state index is 12.3. The molecule has 0 aliphatic carbocycles. The number of ether oxygens (including phenoxy) is 2. The zero-order chi connectivity index (χ0) is 51.3. The van der Waals surface area contributed by atoms with Crippen LogP contribution in [-0.4, -0.2) is 36.4 Å². The summed E-state index contributed by atoms with van der Waals surface area (Å²) in [5.74, 6) is -0.560. The lowest BCUT2D eigenvalue weighted by Gasteiger charge is -2.15. The van der Waals surface area contributed by atoms with Crippen LogP contribution in [0.5, 0.6) is 0 Å². The Hall–Kier alpha value is -1.10. The Morgan fingerprint density at radius 2 is 0.437 bits per heavy atom. The van der Waals surface area contributed by atoms with Crippen LogP contribution in [0.25, 0.3) is 0 Å². The van der Waals surface area contributed by atoms with Crippen molar-refractivity contribution in [3.8, 4) is 0 Å². The first kappa shape index (κ1) is 69.9. The Morgan fingerprint density at radius 1 is 0.268 bits per heavy atom. The molecule has 0 saturated carbocycles. The summed E-state index contributed by atoms with van der Waals surface area (Å²) in [5, 5.41) is 9.68. The maximum Gasteiger partial charge on any atom is 0.306 e. The Morgan fingerprint density at radius 3 is 0.620 bits per heavy atom. The molecule has 5 nitrogen and oxygen atoms in total. The maximum atomic E-state index is 12.3. The predicted molar refractivity (Wildman–Crippen MR) is 312 cm³/mol. The Balaban J connectivity index is 3.35. The highest BCUT2D eigenvalue weighted by Crippen LogP contribution is 2.19. The van der Waals surface area contributed by atoms with Gasteiger partial charge in [0.1, 0.15) is 6.61 Å². The quantitative estimate of drug-likeness (QED) is 0.0485. The van der Waals surface area contributed by atoms with Gasteiger partial charge in [0.25, 0.3) is 0 Å². The predicted octanol–water partition coefficient (Wildman–Crippen LogP) is 22.5. The van der Waals surface area contributed by atoms with E-state index in [4.69, 9.17) is 9.47 Å². The van der Waals surface area contributed by atoms with E-state index in [0.29, 0.717) is 12.8 Å². The van der Waals surface area contributed by atoms with E-state index in [-0.39, 0.29) is 25.2 Å². The number of aliphatic hydroxyl groups excluding tert-OH is 1. The fourth-order valence-corrected chi connectivity index (χ4v) is 10.7. The van der Waals surface area contributed by atoms with Crippen molar-refractivity contribution in [1.82, 2.24) is 0 Å². The van der Waals surface area contributed by atoms with Gasteiger partial charge in [0.05, 0.1) is 6.61 Å². The van der Waals surface area contributed by atoms with Crippen LogP contribution in [-0.2, 0) is 19.1 Å². The molecule has 5 heteroatoms. The Kier molecular flexibility index (Phi) is 62.2. The third kappa shape index (κ3) is 61.3. The highest BCUT2D eigenvalue weighted by Gasteiger charge is 2.16. The van der Waals surface area contributed by atoms with E-state index in [2.05, 4.69) is 13.8 Å². The van der Waals surface area contributed by atoms with Crippen molar-refractivity contribution in [2.24, 2.45) is 0 Å². The molecule has 424 valence electrons. The molecule has 0 aromatic rings. The summed E-state index contributed by atoms with van der Waals surface area (Å²) in [6.45, 7) is 4.22. The first-order valence-electron chi connectivity index (χ1n) is 33.1. The van der Waals surface area contributed by atoms with Crippen LogP contribution < -0.4 is 0 Å². The SMILES string of the molecule is CCCCCCCCCCCCCCCCCCCCCCCCCCCCCCCCCCCCCC(=O)OC(CO)COC(=O)CCCCCCCCCCCCCCCCCCCCCCCC. The summed E-state index contributed by atoms with van der Waals surface area (Å²) in [7, 11) is 0. The van der Waals surface area contributed by atoms with Crippen LogP contribution in [0, 0.1) is 0 Å². The van der Waals surface area contributed by atoms with Crippen molar-refractivity contribution >= 4 is 11.9 Å². The fourth-order valence-electron chi connectivity index (χ4n) is 10.7. The first-order chi connectivity index (χ1) is 35.1. The Labute approximate surface area is 446 Å². The molecule has 0 amide bonds. The van der Waals surface area contributed by atoms with E-state index in [1.54, 1.807) is 0 Å². The summed E-state index contributed by atoms with van der Waals surface area (Å²) in [5.41, 5.74) is 0. The zero-order valence-corrected chi connectivity index (χ0v) is 48.8. The van der Waals surface area contributed by atoms with E-state index >= 15 is 0 Å². The normalized spacial score (nSPS) is 12.0. The lowest BCUT2D eigenvalue weighted by atomic mass is 10.0. The van der Waals surface area contributed by atoms with Gasteiger partial charge in [-0.2, -0.15) is 0 Å². The average Bonchev–Trinajstić information content (AvgIpc) is 3.37. The van der Waals surface area contributed by atoms with E-state index in [9.17, 15) is 14.7 Å². The molecule has 0 aliphatic rings. The van der Waals surface area contributed by atoms with Crippen molar-refractivity contribution in [3.63, 3.8) is 0 Å². The second kappa shape index (κ2) is 63.2. The summed E-state index contributed by atoms with van der Waals surface area (Å²) in [4.78, 5) is 24.6. The van der Waals surface area contributed by atoms with Gasteiger partial charge in [-0.3, -0.25) is 9.59 Å². The molecule has 1 atom stereocenters. The number of carbonyl (C=O) groups is 2. The number of unbranched alkanes of at least 4 members (excludes halogenated alkanes) is 55. The molecule has 0 aliphatic heterocycles.